The van der Waals surface area contributed by atoms with Crippen LogP contribution in [0.3, 0.4) is 0 Å². The lowest BCUT2D eigenvalue weighted by Crippen LogP contribution is -2.24. The van der Waals surface area contributed by atoms with Gasteiger partial charge in [-0.05, 0) is 66.5 Å². The molecule has 4 heterocycles. The van der Waals surface area contributed by atoms with Gasteiger partial charge in [-0.2, -0.15) is 32.1 Å². The molecule has 8 rings (SSSR count). The maximum absolute atomic E-state index is 15.4. The van der Waals surface area contributed by atoms with Gasteiger partial charge in [0, 0.05) is 72.9 Å². The third-order valence-corrected chi connectivity index (χ3v) is 11.6. The fourth-order valence-electron chi connectivity index (χ4n) is 8.09. The second kappa shape index (κ2) is 14.3. The van der Waals surface area contributed by atoms with Gasteiger partial charge in [-0.1, -0.05) is 17.7 Å². The average Bonchev–Trinajstić information content (AvgIpc) is 3.37. The van der Waals surface area contributed by atoms with Crippen molar-refractivity contribution in [2.75, 3.05) is 6.26 Å². The number of Topliss-reactive ketones (excluding diaryl/α,β-unsaturated/α-hetero) is 1. The maximum Gasteiger partial charge on any atom is 0.435 e. The molecule has 2 aliphatic carbocycles. The van der Waals surface area contributed by atoms with E-state index in [1.165, 1.54) is 17.1 Å². The smallest absolute Gasteiger partial charge is 0.339 e. The van der Waals surface area contributed by atoms with Crippen LogP contribution >= 0.6 is 11.6 Å². The molecular weight excluding hydrogens is 827 g/mol. The first-order chi connectivity index (χ1) is 27.7. The van der Waals surface area contributed by atoms with Gasteiger partial charge < -0.3 is 4.57 Å². The summed E-state index contributed by atoms with van der Waals surface area (Å²) in [5.74, 6) is -4.40. The van der Waals surface area contributed by atoms with Gasteiger partial charge in [-0.15, -0.1) is 0 Å². The van der Waals surface area contributed by atoms with Crippen LogP contribution in [0.2, 0.25) is 5.02 Å². The summed E-state index contributed by atoms with van der Waals surface area (Å²) in [6.07, 6.45) is -1.77. The lowest BCUT2D eigenvalue weighted by molar-refractivity contribution is -0.142. The molecule has 2 aliphatic rings. The minimum Gasteiger partial charge on any atom is -0.339 e. The van der Waals surface area contributed by atoms with E-state index in [2.05, 4.69) is 27.0 Å². The van der Waals surface area contributed by atoms with E-state index in [9.17, 15) is 35.2 Å². The number of hydrogen-bond acceptors (Lipinski definition) is 7. The second-order valence-corrected chi connectivity index (χ2v) is 17.6. The standard InChI is InChI=1S/C40H31ClF7N7O3S/c1-53-16-25(49-19-53)5-4-24-6-7-27(28-8-9-31(41)34-32(18-59(3,57)58)51-54(2)36(28)34)35(50-24)21(10-20-11-22(42)14-23(43)12-20)13-26(56)17-55-38-33(37(52-55)40(46,47)48)29-15-30(29)39(38,44)45/h6-9,11-12,14,16,19,21,29-30H,10,13,15,17-18H2,1-3H3/t21-,29+,30-/m1/s1. The van der Waals surface area contributed by atoms with E-state index in [1.807, 2.05) is 0 Å². The normalized spacial score (nSPS) is 17.4. The van der Waals surface area contributed by atoms with E-state index in [4.69, 9.17) is 16.6 Å². The monoisotopic (exact) mass is 857 g/mol. The number of aryl methyl sites for hydroxylation is 2. The quantitative estimate of drug-likeness (QED) is 0.103. The van der Waals surface area contributed by atoms with E-state index in [0.717, 1.165) is 18.4 Å². The van der Waals surface area contributed by atoms with E-state index >= 15 is 8.78 Å². The Morgan fingerprint density at radius 3 is 2.37 bits per heavy atom. The highest BCUT2D eigenvalue weighted by atomic mass is 35.5. The summed E-state index contributed by atoms with van der Waals surface area (Å²) in [4.78, 5) is 23.1. The number of carbonyl (C=O) groups is 1. The molecule has 306 valence electrons. The fraction of sp³-hybridized carbons (Fsp3) is 0.325. The number of alkyl halides is 5. The van der Waals surface area contributed by atoms with Crippen LogP contribution in [0, 0.1) is 29.4 Å². The Kier molecular flexibility index (Phi) is 9.78. The van der Waals surface area contributed by atoms with Gasteiger partial charge in [0.2, 0.25) is 0 Å². The lowest BCUT2D eigenvalue weighted by atomic mass is 9.86. The van der Waals surface area contributed by atoms with Gasteiger partial charge >= 0.3 is 6.18 Å². The van der Waals surface area contributed by atoms with Crippen LogP contribution in [0.4, 0.5) is 30.7 Å². The van der Waals surface area contributed by atoms with Crippen LogP contribution in [-0.2, 0) is 59.5 Å². The highest BCUT2D eigenvalue weighted by Crippen LogP contribution is 2.68. The molecule has 6 aromatic rings. The molecule has 10 nitrogen and oxygen atoms in total. The lowest BCUT2D eigenvalue weighted by Gasteiger charge is -2.21. The molecule has 19 heteroatoms. The molecule has 2 aromatic carbocycles. The Balaban J connectivity index is 1.28. The summed E-state index contributed by atoms with van der Waals surface area (Å²) in [6.45, 7) is -0.961. The predicted octanol–water partition coefficient (Wildman–Crippen LogP) is 7.65. The molecule has 0 N–H and O–H groups in total. The summed E-state index contributed by atoms with van der Waals surface area (Å²) >= 11 is 6.64. The van der Waals surface area contributed by atoms with Crippen molar-refractivity contribution in [2.45, 2.75) is 55.5 Å². The highest BCUT2D eigenvalue weighted by Gasteiger charge is 2.68. The molecule has 0 bridgehead atoms. The van der Waals surface area contributed by atoms with Crippen molar-refractivity contribution >= 4 is 38.1 Å². The fourth-order valence-corrected chi connectivity index (χ4v) is 9.05. The maximum atomic E-state index is 15.4. The summed E-state index contributed by atoms with van der Waals surface area (Å²) in [5.41, 5.74) is -0.939. The number of imidazole rings is 1. The van der Waals surface area contributed by atoms with E-state index in [1.54, 1.807) is 43.1 Å². The zero-order chi connectivity index (χ0) is 42.3. The van der Waals surface area contributed by atoms with Crippen LogP contribution < -0.4 is 0 Å². The van der Waals surface area contributed by atoms with Crippen LogP contribution in [0.15, 0.2) is 55.0 Å². The molecule has 1 saturated carbocycles. The van der Waals surface area contributed by atoms with Gasteiger partial charge in [-0.3, -0.25) is 14.2 Å². The third kappa shape index (κ3) is 7.73. The Bertz CT molecular complexity index is 2870. The number of hydrogen-bond donors (Lipinski definition) is 0. The number of halogens is 8. The SMILES string of the molecule is Cn1cnc(C#Cc2ccc(-c3ccc(Cl)c4c(CS(C)(=O)=O)nn(C)c34)c([C@@H](CC(=O)Cn3nc(C(F)(F)F)c4c3C(F)(F)[C@@H]3C[C@H]43)Cc3cc(F)cc(F)c3)n2)c1. The van der Waals surface area contributed by atoms with Crippen LogP contribution in [-0.4, -0.2) is 54.6 Å². The number of benzene rings is 2. The molecule has 0 aliphatic heterocycles. The number of pyridine rings is 1. The highest BCUT2D eigenvalue weighted by molar-refractivity contribution is 7.89. The minimum atomic E-state index is -5.05. The largest absolute Gasteiger partial charge is 0.435 e. The minimum absolute atomic E-state index is 0.0845. The zero-order valence-electron chi connectivity index (χ0n) is 31.3. The Hall–Kier alpha value is -5.54. The van der Waals surface area contributed by atoms with Crippen LogP contribution in [0.1, 0.15) is 70.0 Å². The Morgan fingerprint density at radius 1 is 1.02 bits per heavy atom. The molecule has 0 saturated heterocycles. The zero-order valence-corrected chi connectivity index (χ0v) is 32.8. The molecule has 59 heavy (non-hydrogen) atoms. The topological polar surface area (TPSA) is 118 Å². The van der Waals surface area contributed by atoms with E-state index < -0.39 is 92.8 Å². The van der Waals surface area contributed by atoms with Gasteiger partial charge in [0.1, 0.15) is 35.3 Å². The molecule has 4 aromatic heterocycles. The summed E-state index contributed by atoms with van der Waals surface area (Å²) in [5, 5.41) is 8.44. The van der Waals surface area contributed by atoms with Crippen molar-refractivity contribution in [3.05, 3.63) is 117 Å². The first kappa shape index (κ1) is 40.2. The summed E-state index contributed by atoms with van der Waals surface area (Å²) in [7, 11) is -0.269. The van der Waals surface area contributed by atoms with Crippen molar-refractivity contribution in [3.8, 4) is 23.0 Å². The Morgan fingerprint density at radius 2 is 1.71 bits per heavy atom. The van der Waals surface area contributed by atoms with Crippen molar-refractivity contribution < 1.29 is 43.9 Å². The number of fused-ring (bicyclic) bond motifs is 4. The van der Waals surface area contributed by atoms with Crippen molar-refractivity contribution in [1.82, 2.24) is 34.1 Å². The summed E-state index contributed by atoms with van der Waals surface area (Å²) < 4.78 is 131. The molecule has 0 spiro atoms. The number of aromatic nitrogens is 7. The van der Waals surface area contributed by atoms with E-state index in [-0.39, 0.29) is 40.5 Å². The van der Waals surface area contributed by atoms with Crippen molar-refractivity contribution in [1.29, 1.82) is 0 Å². The Labute approximate surface area is 336 Å². The van der Waals surface area contributed by atoms with Gasteiger partial charge in [-0.25, -0.2) is 27.2 Å². The summed E-state index contributed by atoms with van der Waals surface area (Å²) in [6, 6.07) is 9.10. The number of sulfone groups is 1. The first-order valence-electron chi connectivity index (χ1n) is 18.0. The van der Waals surface area contributed by atoms with Crippen molar-refractivity contribution in [3.63, 3.8) is 0 Å². The molecule has 1 fully saturated rings. The number of rotatable bonds is 10. The molecule has 0 amide bonds. The van der Waals surface area contributed by atoms with Gasteiger partial charge in [0.05, 0.1) is 34.0 Å². The third-order valence-electron chi connectivity index (χ3n) is 10.4. The molecule has 0 unspecified atom stereocenters. The molecule has 0 radical (unpaired) electrons. The van der Waals surface area contributed by atoms with Gasteiger partial charge in [0.25, 0.3) is 5.92 Å². The molecule has 3 atom stereocenters. The first-order valence-corrected chi connectivity index (χ1v) is 20.5. The van der Waals surface area contributed by atoms with Crippen LogP contribution in [0.25, 0.3) is 22.0 Å². The van der Waals surface area contributed by atoms with Crippen LogP contribution in [0.5, 0.6) is 0 Å². The average molecular weight is 858 g/mol. The predicted molar refractivity (Wildman–Crippen MR) is 201 cm³/mol. The van der Waals surface area contributed by atoms with Gasteiger partial charge in [0.15, 0.2) is 21.3 Å². The van der Waals surface area contributed by atoms with Crippen molar-refractivity contribution in [2.24, 2.45) is 20.0 Å². The second-order valence-electron chi connectivity index (χ2n) is 15.0. The number of carbonyl (C=O) groups excluding carboxylic acids is 1. The number of ketones is 1. The van der Waals surface area contributed by atoms with E-state index in [0.29, 0.717) is 38.5 Å². The number of nitrogens with zero attached hydrogens (tertiary/aromatic N) is 7. The molecular formula is C40H31ClF7N7O3S.